The minimum atomic E-state index is -0.667. The molecular weight excluding hydrogens is 180 g/mol. The molecule has 0 saturated heterocycles. The molecule has 2 heterocycles. The summed E-state index contributed by atoms with van der Waals surface area (Å²) in [6, 6.07) is 3.60. The summed E-state index contributed by atoms with van der Waals surface area (Å²) < 4.78 is 6.78. The van der Waals surface area contributed by atoms with E-state index in [-0.39, 0.29) is 0 Å². The average molecular weight is 192 g/mol. The molecule has 2 aromatic heterocycles. The Labute approximate surface area is 81.8 Å². The van der Waals surface area contributed by atoms with Crippen LogP contribution >= 0.6 is 0 Å². The van der Waals surface area contributed by atoms with Crippen LogP contribution in [-0.2, 0) is 7.05 Å². The van der Waals surface area contributed by atoms with E-state index in [9.17, 15) is 5.11 Å². The van der Waals surface area contributed by atoms with Gasteiger partial charge in [-0.05, 0) is 19.1 Å². The van der Waals surface area contributed by atoms with Crippen molar-refractivity contribution in [2.45, 2.75) is 13.0 Å². The Morgan fingerprint density at radius 2 is 2.36 bits per heavy atom. The van der Waals surface area contributed by atoms with Gasteiger partial charge in [0.2, 0.25) is 0 Å². The van der Waals surface area contributed by atoms with Gasteiger partial charge in [0, 0.05) is 18.8 Å². The highest BCUT2D eigenvalue weighted by Crippen LogP contribution is 2.22. The average Bonchev–Trinajstić information content (AvgIpc) is 2.73. The van der Waals surface area contributed by atoms with Gasteiger partial charge in [-0.25, -0.2) is 0 Å². The van der Waals surface area contributed by atoms with Crippen LogP contribution in [0.25, 0.3) is 0 Å². The maximum atomic E-state index is 9.95. The van der Waals surface area contributed by atoms with Crippen molar-refractivity contribution in [3.05, 3.63) is 41.6 Å². The van der Waals surface area contributed by atoms with Crippen LogP contribution in [0.15, 0.2) is 29.0 Å². The molecule has 0 aliphatic rings. The SMILES string of the molecule is Cc1cc(C(O)c2ccnn2C)co1. The molecular formula is C10H12N2O2. The van der Waals surface area contributed by atoms with Crippen LogP contribution in [-0.4, -0.2) is 14.9 Å². The number of aromatic nitrogens is 2. The fourth-order valence-electron chi connectivity index (χ4n) is 1.43. The van der Waals surface area contributed by atoms with E-state index in [1.165, 1.54) is 0 Å². The molecule has 2 rings (SSSR count). The van der Waals surface area contributed by atoms with E-state index in [2.05, 4.69) is 5.10 Å². The molecule has 0 saturated carbocycles. The molecule has 0 spiro atoms. The quantitative estimate of drug-likeness (QED) is 0.782. The van der Waals surface area contributed by atoms with Gasteiger partial charge in [-0.15, -0.1) is 0 Å². The lowest BCUT2D eigenvalue weighted by molar-refractivity contribution is 0.209. The van der Waals surface area contributed by atoms with Crippen molar-refractivity contribution < 1.29 is 9.52 Å². The van der Waals surface area contributed by atoms with Crippen molar-refractivity contribution in [1.29, 1.82) is 0 Å². The van der Waals surface area contributed by atoms with E-state index >= 15 is 0 Å². The van der Waals surface area contributed by atoms with Gasteiger partial charge < -0.3 is 9.52 Å². The fourth-order valence-corrected chi connectivity index (χ4v) is 1.43. The topological polar surface area (TPSA) is 51.2 Å². The predicted molar refractivity (Wildman–Crippen MR) is 50.7 cm³/mol. The van der Waals surface area contributed by atoms with Gasteiger partial charge in [-0.3, -0.25) is 4.68 Å². The first-order valence-corrected chi connectivity index (χ1v) is 4.39. The summed E-state index contributed by atoms with van der Waals surface area (Å²) in [4.78, 5) is 0. The molecule has 4 heteroatoms. The summed E-state index contributed by atoms with van der Waals surface area (Å²) >= 11 is 0. The summed E-state index contributed by atoms with van der Waals surface area (Å²) in [6.07, 6.45) is 2.55. The van der Waals surface area contributed by atoms with Crippen LogP contribution < -0.4 is 0 Å². The second-order valence-electron chi connectivity index (χ2n) is 3.27. The summed E-state index contributed by atoms with van der Waals surface area (Å²) in [5.74, 6) is 0.793. The lowest BCUT2D eigenvalue weighted by Crippen LogP contribution is -2.05. The molecule has 0 aliphatic carbocycles. The van der Waals surface area contributed by atoms with Gasteiger partial charge in [0.25, 0.3) is 0 Å². The summed E-state index contributed by atoms with van der Waals surface area (Å²) in [6.45, 7) is 1.85. The van der Waals surface area contributed by atoms with Crippen molar-refractivity contribution in [2.24, 2.45) is 7.05 Å². The number of nitrogens with zero attached hydrogens (tertiary/aromatic N) is 2. The number of aryl methyl sites for hydroxylation is 2. The fraction of sp³-hybridized carbons (Fsp3) is 0.300. The van der Waals surface area contributed by atoms with Crippen molar-refractivity contribution >= 4 is 0 Å². The van der Waals surface area contributed by atoms with E-state index in [1.807, 2.05) is 13.0 Å². The number of rotatable bonds is 2. The van der Waals surface area contributed by atoms with Crippen LogP contribution in [0.3, 0.4) is 0 Å². The lowest BCUT2D eigenvalue weighted by atomic mass is 10.1. The Kier molecular flexibility index (Phi) is 2.13. The molecule has 0 fully saturated rings. The van der Waals surface area contributed by atoms with Crippen LogP contribution in [0, 0.1) is 6.92 Å². The maximum absolute atomic E-state index is 9.95. The third kappa shape index (κ3) is 1.44. The van der Waals surface area contributed by atoms with Crippen molar-refractivity contribution in [3.63, 3.8) is 0 Å². The number of aliphatic hydroxyl groups excluding tert-OH is 1. The third-order valence-corrected chi connectivity index (χ3v) is 2.21. The first-order valence-electron chi connectivity index (χ1n) is 4.39. The smallest absolute Gasteiger partial charge is 0.124 e. The van der Waals surface area contributed by atoms with E-state index in [0.29, 0.717) is 0 Å². The van der Waals surface area contributed by atoms with Crippen molar-refractivity contribution in [1.82, 2.24) is 9.78 Å². The Hall–Kier alpha value is -1.55. The third-order valence-electron chi connectivity index (χ3n) is 2.21. The van der Waals surface area contributed by atoms with Crippen molar-refractivity contribution in [3.8, 4) is 0 Å². The Morgan fingerprint density at radius 3 is 2.86 bits per heavy atom. The zero-order valence-electron chi connectivity index (χ0n) is 8.14. The van der Waals surface area contributed by atoms with E-state index in [1.54, 1.807) is 30.3 Å². The first kappa shape index (κ1) is 9.02. The van der Waals surface area contributed by atoms with E-state index in [4.69, 9.17) is 4.42 Å². The van der Waals surface area contributed by atoms with Gasteiger partial charge in [-0.2, -0.15) is 5.10 Å². The highest BCUT2D eigenvalue weighted by atomic mass is 16.3. The summed E-state index contributed by atoms with van der Waals surface area (Å²) in [5, 5.41) is 14.0. The molecule has 1 atom stereocenters. The lowest BCUT2D eigenvalue weighted by Gasteiger charge is -2.07. The van der Waals surface area contributed by atoms with Crippen LogP contribution in [0.1, 0.15) is 23.1 Å². The number of furan rings is 1. The molecule has 74 valence electrons. The van der Waals surface area contributed by atoms with Gasteiger partial charge in [-0.1, -0.05) is 0 Å². The Balaban J connectivity index is 2.33. The maximum Gasteiger partial charge on any atom is 0.124 e. The molecule has 14 heavy (non-hydrogen) atoms. The molecule has 0 aromatic carbocycles. The number of hydrogen-bond acceptors (Lipinski definition) is 3. The molecule has 0 radical (unpaired) electrons. The van der Waals surface area contributed by atoms with Crippen LogP contribution in [0.4, 0.5) is 0 Å². The van der Waals surface area contributed by atoms with Crippen LogP contribution in [0.5, 0.6) is 0 Å². The molecule has 1 unspecified atom stereocenters. The van der Waals surface area contributed by atoms with Gasteiger partial charge in [0.1, 0.15) is 11.9 Å². The normalized spacial score (nSPS) is 13.1. The standard InChI is InChI=1S/C10H12N2O2/c1-7-5-8(6-14-7)10(13)9-3-4-11-12(9)2/h3-6,10,13H,1-2H3. The highest BCUT2D eigenvalue weighted by Gasteiger charge is 2.15. The van der Waals surface area contributed by atoms with Gasteiger partial charge >= 0.3 is 0 Å². The largest absolute Gasteiger partial charge is 0.469 e. The molecule has 4 nitrogen and oxygen atoms in total. The molecule has 0 amide bonds. The summed E-state index contributed by atoms with van der Waals surface area (Å²) in [7, 11) is 1.80. The monoisotopic (exact) mass is 192 g/mol. The van der Waals surface area contributed by atoms with E-state index in [0.717, 1.165) is 17.0 Å². The Bertz CT molecular complexity index is 431. The zero-order chi connectivity index (χ0) is 10.1. The van der Waals surface area contributed by atoms with Crippen LogP contribution in [0.2, 0.25) is 0 Å². The van der Waals surface area contributed by atoms with Crippen molar-refractivity contribution in [2.75, 3.05) is 0 Å². The minimum Gasteiger partial charge on any atom is -0.469 e. The molecule has 1 N–H and O–H groups in total. The van der Waals surface area contributed by atoms with Gasteiger partial charge in [0.05, 0.1) is 12.0 Å². The van der Waals surface area contributed by atoms with E-state index < -0.39 is 6.10 Å². The second kappa shape index (κ2) is 3.31. The summed E-state index contributed by atoms with van der Waals surface area (Å²) in [5.41, 5.74) is 1.51. The molecule has 2 aromatic rings. The second-order valence-corrected chi connectivity index (χ2v) is 3.27. The first-order chi connectivity index (χ1) is 6.68. The van der Waals surface area contributed by atoms with Gasteiger partial charge in [0.15, 0.2) is 0 Å². The Morgan fingerprint density at radius 1 is 1.57 bits per heavy atom. The predicted octanol–water partition coefficient (Wildman–Crippen LogP) is 1.40. The number of aliphatic hydroxyl groups is 1. The zero-order valence-corrected chi connectivity index (χ0v) is 8.14. The molecule has 0 aliphatic heterocycles. The highest BCUT2D eigenvalue weighted by molar-refractivity contribution is 5.23. The number of hydrogen-bond donors (Lipinski definition) is 1. The minimum absolute atomic E-state index is 0.667. The molecule has 0 bridgehead atoms.